The smallest absolute Gasteiger partial charge is 0.360 e. The minimum atomic E-state index is -4.87. The van der Waals surface area contributed by atoms with Gasteiger partial charge in [0.05, 0.1) is 4.48 Å². The number of hydrogen-bond acceptors (Lipinski definition) is 2. The average Bonchev–Trinajstić information content (AvgIpc) is 2.23. The van der Waals surface area contributed by atoms with Gasteiger partial charge in [-0.25, -0.2) is 0 Å². The molecule has 0 aliphatic carbocycles. The van der Waals surface area contributed by atoms with Gasteiger partial charge in [-0.05, 0) is 40.5 Å². The molecule has 1 rings (SSSR count). The largest absolute Gasteiger partial charge is 0.455 e. The van der Waals surface area contributed by atoms with Crippen LogP contribution in [0.4, 0.5) is 18.9 Å². The molecule has 0 saturated carbocycles. The SMILES string of the molecule is Cc1cccc(NC=C(Br)C(=O)C(F)(F)F)c1. The molecular weight excluding hydrogens is 299 g/mol. The molecule has 0 amide bonds. The van der Waals surface area contributed by atoms with Gasteiger partial charge in [-0.3, -0.25) is 4.79 Å². The highest BCUT2D eigenvalue weighted by Crippen LogP contribution is 2.23. The van der Waals surface area contributed by atoms with Gasteiger partial charge < -0.3 is 5.32 Å². The lowest BCUT2D eigenvalue weighted by Crippen LogP contribution is -2.22. The fourth-order valence-electron chi connectivity index (χ4n) is 1.08. The second kappa shape index (κ2) is 5.35. The van der Waals surface area contributed by atoms with Crippen molar-refractivity contribution in [1.29, 1.82) is 0 Å². The lowest BCUT2D eigenvalue weighted by molar-refractivity contribution is -0.165. The summed E-state index contributed by atoms with van der Waals surface area (Å²) in [6.45, 7) is 1.85. The molecule has 1 N–H and O–H groups in total. The van der Waals surface area contributed by atoms with Gasteiger partial charge in [-0.15, -0.1) is 0 Å². The molecule has 2 nitrogen and oxygen atoms in total. The Kier molecular flexibility index (Phi) is 4.34. The molecule has 0 saturated heterocycles. The van der Waals surface area contributed by atoms with E-state index in [0.29, 0.717) is 5.69 Å². The normalized spacial score (nSPS) is 12.4. The van der Waals surface area contributed by atoms with Crippen LogP contribution < -0.4 is 5.32 Å². The summed E-state index contributed by atoms with van der Waals surface area (Å²) in [4.78, 5) is 10.8. The van der Waals surface area contributed by atoms with Crippen LogP contribution in [-0.4, -0.2) is 12.0 Å². The standard InChI is InChI=1S/C11H9BrF3NO/c1-7-3-2-4-8(5-7)16-6-9(12)10(17)11(13,14)15/h2-6,16H,1H3. The van der Waals surface area contributed by atoms with Crippen LogP contribution >= 0.6 is 15.9 Å². The molecule has 6 heteroatoms. The summed E-state index contributed by atoms with van der Waals surface area (Å²) >= 11 is 2.58. The van der Waals surface area contributed by atoms with Crippen LogP contribution in [0.5, 0.6) is 0 Å². The monoisotopic (exact) mass is 307 g/mol. The fraction of sp³-hybridized carbons (Fsp3) is 0.182. The molecule has 0 heterocycles. The summed E-state index contributed by atoms with van der Waals surface area (Å²) in [5.41, 5.74) is 1.57. The predicted molar refractivity (Wildman–Crippen MR) is 62.9 cm³/mol. The number of allylic oxidation sites excluding steroid dienone is 1. The van der Waals surface area contributed by atoms with Crippen molar-refractivity contribution in [3.8, 4) is 0 Å². The van der Waals surface area contributed by atoms with E-state index in [4.69, 9.17) is 0 Å². The highest BCUT2D eigenvalue weighted by atomic mass is 79.9. The topological polar surface area (TPSA) is 29.1 Å². The Bertz CT molecular complexity index is 454. The van der Waals surface area contributed by atoms with Crippen molar-refractivity contribution < 1.29 is 18.0 Å². The van der Waals surface area contributed by atoms with Crippen molar-refractivity contribution >= 4 is 27.4 Å². The maximum absolute atomic E-state index is 12.0. The van der Waals surface area contributed by atoms with Crippen molar-refractivity contribution in [2.75, 3.05) is 5.32 Å². The first-order valence-corrected chi connectivity index (χ1v) is 5.40. The van der Waals surface area contributed by atoms with Crippen LogP contribution in [0.25, 0.3) is 0 Å². The number of alkyl halides is 3. The fourth-order valence-corrected chi connectivity index (χ4v) is 1.42. The number of carbonyl (C=O) groups excluding carboxylic acids is 1. The summed E-state index contributed by atoms with van der Waals surface area (Å²) in [6, 6.07) is 7.03. The van der Waals surface area contributed by atoms with Crippen LogP contribution in [0.15, 0.2) is 34.9 Å². The molecule has 0 radical (unpaired) electrons. The summed E-state index contributed by atoms with van der Waals surface area (Å²) < 4.78 is 35.6. The molecule has 0 aromatic heterocycles. The van der Waals surface area contributed by atoms with E-state index in [1.807, 2.05) is 13.0 Å². The maximum atomic E-state index is 12.0. The molecule has 0 spiro atoms. The number of rotatable bonds is 3. The van der Waals surface area contributed by atoms with E-state index in [2.05, 4.69) is 21.2 Å². The number of Topliss-reactive ketones (excluding diaryl/α,β-unsaturated/α-hetero) is 1. The molecular formula is C11H9BrF3NO. The molecule has 0 bridgehead atoms. The van der Waals surface area contributed by atoms with Crippen molar-refractivity contribution in [2.45, 2.75) is 13.1 Å². The predicted octanol–water partition coefficient (Wildman–Crippen LogP) is 3.77. The number of benzene rings is 1. The van der Waals surface area contributed by atoms with E-state index in [-0.39, 0.29) is 0 Å². The van der Waals surface area contributed by atoms with Crippen LogP contribution in [0, 0.1) is 6.92 Å². The van der Waals surface area contributed by atoms with Gasteiger partial charge in [0.2, 0.25) is 0 Å². The minimum absolute atomic E-state index is 0.563. The molecule has 0 fully saturated rings. The minimum Gasteiger partial charge on any atom is -0.360 e. The van der Waals surface area contributed by atoms with Crippen LogP contribution in [0.2, 0.25) is 0 Å². The van der Waals surface area contributed by atoms with Crippen LogP contribution in [-0.2, 0) is 4.79 Å². The molecule has 0 aliphatic heterocycles. The summed E-state index contributed by atoms with van der Waals surface area (Å²) in [5.74, 6) is -1.92. The Morgan fingerprint density at radius 2 is 2.06 bits per heavy atom. The van der Waals surface area contributed by atoms with Crippen LogP contribution in [0.1, 0.15) is 5.56 Å². The summed E-state index contributed by atoms with van der Waals surface area (Å²) in [7, 11) is 0. The van der Waals surface area contributed by atoms with E-state index in [1.165, 1.54) is 0 Å². The van der Waals surface area contributed by atoms with E-state index < -0.39 is 16.4 Å². The zero-order chi connectivity index (χ0) is 13.1. The Morgan fingerprint density at radius 3 is 2.59 bits per heavy atom. The first-order chi connectivity index (χ1) is 7.80. The molecule has 92 valence electrons. The Labute approximate surface area is 105 Å². The van der Waals surface area contributed by atoms with E-state index >= 15 is 0 Å². The third kappa shape index (κ3) is 4.22. The Morgan fingerprint density at radius 1 is 1.41 bits per heavy atom. The molecule has 0 aliphatic rings. The average molecular weight is 308 g/mol. The number of carbonyl (C=O) groups is 1. The van der Waals surface area contributed by atoms with Gasteiger partial charge in [-0.1, -0.05) is 12.1 Å². The molecule has 0 unspecified atom stereocenters. The number of anilines is 1. The van der Waals surface area contributed by atoms with Gasteiger partial charge in [0.15, 0.2) is 0 Å². The number of nitrogens with one attached hydrogen (secondary N) is 1. The highest BCUT2D eigenvalue weighted by molar-refractivity contribution is 9.12. The molecule has 1 aromatic carbocycles. The van der Waals surface area contributed by atoms with Gasteiger partial charge in [-0.2, -0.15) is 13.2 Å². The summed E-state index contributed by atoms with van der Waals surface area (Å²) in [5, 5.41) is 2.61. The maximum Gasteiger partial charge on any atom is 0.455 e. The van der Waals surface area contributed by atoms with E-state index in [0.717, 1.165) is 11.8 Å². The molecule has 0 atom stereocenters. The first kappa shape index (κ1) is 13.8. The lowest BCUT2D eigenvalue weighted by Gasteiger charge is -2.05. The molecule has 17 heavy (non-hydrogen) atoms. The first-order valence-electron chi connectivity index (χ1n) is 4.61. The number of hydrogen-bond donors (Lipinski definition) is 1. The van der Waals surface area contributed by atoms with Crippen molar-refractivity contribution in [3.05, 3.63) is 40.5 Å². The van der Waals surface area contributed by atoms with Crippen molar-refractivity contribution in [2.24, 2.45) is 0 Å². The number of aryl methyl sites for hydroxylation is 1. The lowest BCUT2D eigenvalue weighted by atomic mass is 10.2. The van der Waals surface area contributed by atoms with Crippen molar-refractivity contribution in [1.82, 2.24) is 0 Å². The zero-order valence-electron chi connectivity index (χ0n) is 8.81. The summed E-state index contributed by atoms with van der Waals surface area (Å²) in [6.07, 6.45) is -3.89. The number of ketones is 1. The van der Waals surface area contributed by atoms with Gasteiger partial charge in [0, 0.05) is 11.9 Å². The third-order valence-electron chi connectivity index (χ3n) is 1.86. The van der Waals surface area contributed by atoms with Gasteiger partial charge >= 0.3 is 6.18 Å². The van der Waals surface area contributed by atoms with Crippen molar-refractivity contribution in [3.63, 3.8) is 0 Å². The third-order valence-corrected chi connectivity index (χ3v) is 2.45. The van der Waals surface area contributed by atoms with E-state index in [9.17, 15) is 18.0 Å². The number of halogens is 4. The second-order valence-corrected chi connectivity index (χ2v) is 4.19. The van der Waals surface area contributed by atoms with Gasteiger partial charge in [0.25, 0.3) is 5.78 Å². The highest BCUT2D eigenvalue weighted by Gasteiger charge is 2.39. The molecule has 1 aromatic rings. The van der Waals surface area contributed by atoms with Crippen LogP contribution in [0.3, 0.4) is 0 Å². The van der Waals surface area contributed by atoms with E-state index in [1.54, 1.807) is 18.2 Å². The quantitative estimate of drug-likeness (QED) is 0.861. The van der Waals surface area contributed by atoms with Gasteiger partial charge in [0.1, 0.15) is 0 Å². The second-order valence-electron chi connectivity index (χ2n) is 3.33. The zero-order valence-corrected chi connectivity index (χ0v) is 10.4. The Hall–Kier alpha value is -1.30. The Balaban J connectivity index is 2.75.